The van der Waals surface area contributed by atoms with Crippen molar-refractivity contribution < 1.29 is 14.6 Å². The molecule has 0 aliphatic carbocycles. The van der Waals surface area contributed by atoms with E-state index in [9.17, 15) is 4.79 Å². The van der Waals surface area contributed by atoms with Crippen LogP contribution in [0.15, 0.2) is 36.7 Å². The van der Waals surface area contributed by atoms with Gasteiger partial charge in [-0.3, -0.25) is 0 Å². The topological polar surface area (TPSA) is 84.3 Å². The zero-order chi connectivity index (χ0) is 14.5. The molecule has 0 aliphatic heterocycles. The number of aromatic nitrogens is 2. The largest absolute Gasteiger partial charge is 0.489 e. The van der Waals surface area contributed by atoms with Crippen molar-refractivity contribution in [3.05, 3.63) is 42.2 Å². The molecule has 6 nitrogen and oxygen atoms in total. The van der Waals surface area contributed by atoms with E-state index < -0.39 is 5.97 Å². The van der Waals surface area contributed by atoms with Crippen molar-refractivity contribution in [2.45, 2.75) is 20.0 Å². The van der Waals surface area contributed by atoms with Gasteiger partial charge in [-0.15, -0.1) is 0 Å². The van der Waals surface area contributed by atoms with Crippen LogP contribution in [0, 0.1) is 0 Å². The highest BCUT2D eigenvalue weighted by Crippen LogP contribution is 2.26. The summed E-state index contributed by atoms with van der Waals surface area (Å²) in [7, 11) is 0. The van der Waals surface area contributed by atoms with E-state index in [0.29, 0.717) is 11.7 Å². The van der Waals surface area contributed by atoms with Crippen LogP contribution < -0.4 is 10.1 Å². The minimum Gasteiger partial charge on any atom is -0.489 e. The monoisotopic (exact) mass is 273 g/mol. The second-order valence-corrected chi connectivity index (χ2v) is 4.39. The summed E-state index contributed by atoms with van der Waals surface area (Å²) in [5.41, 5.74) is 0.770. The molecule has 0 aliphatic rings. The van der Waals surface area contributed by atoms with Crippen molar-refractivity contribution in [2.75, 3.05) is 5.32 Å². The van der Waals surface area contributed by atoms with E-state index >= 15 is 0 Å². The van der Waals surface area contributed by atoms with Crippen molar-refractivity contribution in [1.29, 1.82) is 0 Å². The molecule has 1 aromatic carbocycles. The molecule has 1 heterocycles. The van der Waals surface area contributed by atoms with Crippen LogP contribution in [-0.4, -0.2) is 27.1 Å². The standard InChI is InChI=1S/C14H15N3O3/c1-9(2)20-12-6-4-3-5-11(12)17-14-15-7-10(8-16-14)13(18)19/h3-9H,1-2H3,(H,18,19)(H,15,16,17). The second-order valence-electron chi connectivity index (χ2n) is 4.39. The highest BCUT2D eigenvalue weighted by molar-refractivity contribution is 5.86. The number of carboxylic acids is 1. The van der Waals surface area contributed by atoms with Gasteiger partial charge in [0.1, 0.15) is 5.75 Å². The molecule has 0 unspecified atom stereocenters. The predicted molar refractivity (Wildman–Crippen MR) is 74.5 cm³/mol. The number of ether oxygens (including phenoxy) is 1. The summed E-state index contributed by atoms with van der Waals surface area (Å²) in [4.78, 5) is 18.6. The molecule has 0 radical (unpaired) electrons. The highest BCUT2D eigenvalue weighted by atomic mass is 16.5. The van der Waals surface area contributed by atoms with Gasteiger partial charge in [0, 0.05) is 12.4 Å². The number of rotatable bonds is 5. The first-order chi connectivity index (χ1) is 9.56. The third-order valence-corrected chi connectivity index (χ3v) is 2.39. The summed E-state index contributed by atoms with van der Waals surface area (Å²) in [5.74, 6) is -0.0525. The Morgan fingerprint density at radius 2 is 1.90 bits per heavy atom. The smallest absolute Gasteiger partial charge is 0.338 e. The molecule has 104 valence electrons. The van der Waals surface area contributed by atoms with Gasteiger partial charge in [-0.2, -0.15) is 0 Å². The van der Waals surface area contributed by atoms with Crippen LogP contribution in [0.2, 0.25) is 0 Å². The van der Waals surface area contributed by atoms with Gasteiger partial charge in [-0.1, -0.05) is 12.1 Å². The number of nitrogens with one attached hydrogen (secondary N) is 1. The Labute approximate surface area is 116 Å². The normalized spacial score (nSPS) is 10.3. The van der Waals surface area contributed by atoms with E-state index in [1.54, 1.807) is 0 Å². The number of hydrogen-bond acceptors (Lipinski definition) is 5. The average molecular weight is 273 g/mol. The van der Waals surface area contributed by atoms with E-state index in [0.717, 1.165) is 5.69 Å². The lowest BCUT2D eigenvalue weighted by atomic mass is 10.3. The van der Waals surface area contributed by atoms with Gasteiger partial charge in [-0.25, -0.2) is 14.8 Å². The first-order valence-corrected chi connectivity index (χ1v) is 6.14. The zero-order valence-corrected chi connectivity index (χ0v) is 11.2. The molecule has 0 bridgehead atoms. The molecule has 0 amide bonds. The summed E-state index contributed by atoms with van der Waals surface area (Å²) in [5, 5.41) is 11.8. The number of carbonyl (C=O) groups is 1. The van der Waals surface area contributed by atoms with Gasteiger partial charge in [0.2, 0.25) is 5.95 Å². The number of hydrogen-bond donors (Lipinski definition) is 2. The van der Waals surface area contributed by atoms with Crippen LogP contribution in [0.5, 0.6) is 5.75 Å². The first-order valence-electron chi connectivity index (χ1n) is 6.14. The lowest BCUT2D eigenvalue weighted by Gasteiger charge is -2.14. The molecule has 1 aromatic heterocycles. The Kier molecular flexibility index (Phi) is 4.14. The van der Waals surface area contributed by atoms with Crippen molar-refractivity contribution in [2.24, 2.45) is 0 Å². The van der Waals surface area contributed by atoms with Gasteiger partial charge in [0.25, 0.3) is 0 Å². The molecule has 2 rings (SSSR count). The number of benzene rings is 1. The molecule has 0 saturated heterocycles. The lowest BCUT2D eigenvalue weighted by molar-refractivity contribution is 0.0696. The first kappa shape index (κ1) is 13.8. The Bertz CT molecular complexity index is 597. The van der Waals surface area contributed by atoms with Gasteiger partial charge >= 0.3 is 5.97 Å². The van der Waals surface area contributed by atoms with Crippen LogP contribution in [0.3, 0.4) is 0 Å². The van der Waals surface area contributed by atoms with E-state index in [-0.39, 0.29) is 11.7 Å². The quantitative estimate of drug-likeness (QED) is 0.871. The van der Waals surface area contributed by atoms with E-state index in [1.165, 1.54) is 12.4 Å². The third-order valence-electron chi connectivity index (χ3n) is 2.39. The third kappa shape index (κ3) is 3.44. The maximum Gasteiger partial charge on any atom is 0.338 e. The maximum atomic E-state index is 10.7. The number of nitrogens with zero attached hydrogens (tertiary/aromatic N) is 2. The SMILES string of the molecule is CC(C)Oc1ccccc1Nc1ncc(C(=O)O)cn1. The Morgan fingerprint density at radius 3 is 2.50 bits per heavy atom. The fraction of sp³-hybridized carbons (Fsp3) is 0.214. The van der Waals surface area contributed by atoms with E-state index in [1.807, 2.05) is 38.1 Å². The van der Waals surface area contributed by atoms with E-state index in [4.69, 9.17) is 9.84 Å². The predicted octanol–water partition coefficient (Wildman–Crippen LogP) is 2.71. The molecule has 20 heavy (non-hydrogen) atoms. The molecular weight excluding hydrogens is 258 g/mol. The summed E-state index contributed by atoms with van der Waals surface area (Å²) in [6.45, 7) is 3.88. The zero-order valence-electron chi connectivity index (χ0n) is 11.2. The molecule has 0 atom stereocenters. The van der Waals surface area contributed by atoms with Crippen molar-refractivity contribution in [1.82, 2.24) is 9.97 Å². The molecule has 0 fully saturated rings. The number of aromatic carboxylic acids is 1. The Balaban J connectivity index is 2.19. The average Bonchev–Trinajstić information content (AvgIpc) is 2.41. The van der Waals surface area contributed by atoms with Gasteiger partial charge < -0.3 is 15.2 Å². The van der Waals surface area contributed by atoms with Gasteiger partial charge in [-0.05, 0) is 26.0 Å². The summed E-state index contributed by atoms with van der Waals surface area (Å²) in [6, 6.07) is 7.42. The minimum atomic E-state index is -1.06. The minimum absolute atomic E-state index is 0.0438. The Hall–Kier alpha value is -2.63. The molecular formula is C14H15N3O3. The molecule has 2 N–H and O–H groups in total. The van der Waals surface area contributed by atoms with Crippen LogP contribution in [0.1, 0.15) is 24.2 Å². The maximum absolute atomic E-state index is 10.7. The molecule has 2 aromatic rings. The fourth-order valence-corrected chi connectivity index (χ4v) is 1.55. The number of para-hydroxylation sites is 2. The van der Waals surface area contributed by atoms with E-state index in [2.05, 4.69) is 15.3 Å². The molecule has 6 heteroatoms. The van der Waals surface area contributed by atoms with Crippen molar-refractivity contribution in [3.63, 3.8) is 0 Å². The fourth-order valence-electron chi connectivity index (χ4n) is 1.55. The summed E-state index contributed by atoms with van der Waals surface area (Å²) >= 11 is 0. The summed E-state index contributed by atoms with van der Waals surface area (Å²) < 4.78 is 5.67. The molecule has 0 spiro atoms. The Morgan fingerprint density at radius 1 is 1.25 bits per heavy atom. The van der Waals surface area contributed by atoms with Gasteiger partial charge in [0.15, 0.2) is 0 Å². The molecule has 0 saturated carbocycles. The van der Waals surface area contributed by atoms with Crippen LogP contribution in [-0.2, 0) is 0 Å². The van der Waals surface area contributed by atoms with Crippen molar-refractivity contribution in [3.8, 4) is 5.75 Å². The summed E-state index contributed by atoms with van der Waals surface area (Å²) in [6.07, 6.45) is 2.56. The van der Waals surface area contributed by atoms with Crippen LogP contribution >= 0.6 is 0 Å². The van der Waals surface area contributed by atoms with Gasteiger partial charge in [0.05, 0.1) is 17.4 Å². The van der Waals surface area contributed by atoms with Crippen LogP contribution in [0.4, 0.5) is 11.6 Å². The lowest BCUT2D eigenvalue weighted by Crippen LogP contribution is -2.08. The second kappa shape index (κ2) is 6.01. The number of anilines is 2. The van der Waals surface area contributed by atoms with Crippen molar-refractivity contribution >= 4 is 17.6 Å². The van der Waals surface area contributed by atoms with Crippen LogP contribution in [0.25, 0.3) is 0 Å². The number of carboxylic acid groups (broad SMARTS) is 1. The highest BCUT2D eigenvalue weighted by Gasteiger charge is 2.08.